The van der Waals surface area contributed by atoms with E-state index in [0.29, 0.717) is 11.4 Å². The van der Waals surface area contributed by atoms with Gasteiger partial charge in [-0.2, -0.15) is 0 Å². The van der Waals surface area contributed by atoms with E-state index >= 15 is 0 Å². The van der Waals surface area contributed by atoms with Gasteiger partial charge in [0.1, 0.15) is 22.0 Å². The molecule has 0 radical (unpaired) electrons. The van der Waals surface area contributed by atoms with Crippen molar-refractivity contribution in [3.05, 3.63) is 23.5 Å². The SMILES string of the molecule is CC.COC(=O)c1ccc2c(n1)C(Br)C(Br)O2. The molecule has 0 N–H and O–H groups in total. The van der Waals surface area contributed by atoms with E-state index in [2.05, 4.69) is 41.6 Å². The normalized spacial score (nSPS) is 20.8. The zero-order valence-electron chi connectivity index (χ0n) is 9.74. The molecule has 1 aliphatic rings. The number of carbonyl (C=O) groups is 1. The highest BCUT2D eigenvalue weighted by molar-refractivity contribution is 9.12. The number of halogens is 2. The largest absolute Gasteiger partial charge is 0.476 e. The van der Waals surface area contributed by atoms with Crippen LogP contribution in [-0.2, 0) is 4.74 Å². The summed E-state index contributed by atoms with van der Waals surface area (Å²) >= 11 is 6.76. The van der Waals surface area contributed by atoms with E-state index in [1.807, 2.05) is 13.8 Å². The van der Waals surface area contributed by atoms with Crippen molar-refractivity contribution in [3.8, 4) is 5.75 Å². The molecular formula is C11H13Br2NO3. The van der Waals surface area contributed by atoms with Gasteiger partial charge < -0.3 is 9.47 Å². The molecule has 2 heterocycles. The molecule has 1 aliphatic heterocycles. The van der Waals surface area contributed by atoms with Crippen molar-refractivity contribution in [1.29, 1.82) is 0 Å². The van der Waals surface area contributed by atoms with Gasteiger partial charge >= 0.3 is 5.97 Å². The summed E-state index contributed by atoms with van der Waals surface area (Å²) in [7, 11) is 1.33. The van der Waals surface area contributed by atoms with Gasteiger partial charge in [-0.25, -0.2) is 9.78 Å². The Kier molecular flexibility index (Phi) is 5.39. The van der Waals surface area contributed by atoms with Crippen LogP contribution in [0.25, 0.3) is 0 Å². The maximum atomic E-state index is 11.2. The Morgan fingerprint density at radius 1 is 1.41 bits per heavy atom. The van der Waals surface area contributed by atoms with Crippen LogP contribution in [0, 0.1) is 0 Å². The molecule has 17 heavy (non-hydrogen) atoms. The number of rotatable bonds is 1. The molecule has 94 valence electrons. The Hall–Kier alpha value is -0.620. The second-order valence-corrected chi connectivity index (χ2v) is 4.83. The zero-order chi connectivity index (χ0) is 13.0. The van der Waals surface area contributed by atoms with Crippen LogP contribution in [0.1, 0.15) is 34.9 Å². The van der Waals surface area contributed by atoms with Crippen LogP contribution in [0.3, 0.4) is 0 Å². The molecule has 0 saturated carbocycles. The summed E-state index contributed by atoms with van der Waals surface area (Å²) in [4.78, 5) is 15.4. The summed E-state index contributed by atoms with van der Waals surface area (Å²) < 4.78 is 10.0. The molecule has 2 unspecified atom stereocenters. The van der Waals surface area contributed by atoms with Gasteiger partial charge in [0.15, 0.2) is 5.01 Å². The van der Waals surface area contributed by atoms with Crippen LogP contribution in [0.2, 0.25) is 0 Å². The van der Waals surface area contributed by atoms with Gasteiger partial charge in [0.05, 0.1) is 7.11 Å². The highest BCUT2D eigenvalue weighted by atomic mass is 79.9. The van der Waals surface area contributed by atoms with Crippen LogP contribution in [0.15, 0.2) is 12.1 Å². The Morgan fingerprint density at radius 2 is 2.06 bits per heavy atom. The highest BCUT2D eigenvalue weighted by Crippen LogP contribution is 2.43. The van der Waals surface area contributed by atoms with E-state index in [1.54, 1.807) is 12.1 Å². The smallest absolute Gasteiger partial charge is 0.356 e. The van der Waals surface area contributed by atoms with Crippen molar-refractivity contribution in [2.75, 3.05) is 7.11 Å². The third-order valence-corrected chi connectivity index (χ3v) is 4.35. The highest BCUT2D eigenvalue weighted by Gasteiger charge is 2.32. The maximum absolute atomic E-state index is 11.2. The number of hydrogen-bond donors (Lipinski definition) is 0. The lowest BCUT2D eigenvalue weighted by molar-refractivity contribution is 0.0594. The van der Waals surface area contributed by atoms with Crippen molar-refractivity contribution in [3.63, 3.8) is 0 Å². The summed E-state index contributed by atoms with van der Waals surface area (Å²) in [6.45, 7) is 4.00. The van der Waals surface area contributed by atoms with Crippen LogP contribution in [0.5, 0.6) is 5.75 Å². The predicted molar refractivity (Wildman–Crippen MR) is 71.9 cm³/mol. The number of methoxy groups -OCH3 is 1. The Bertz CT molecular complexity index is 412. The summed E-state index contributed by atoms with van der Waals surface area (Å²) in [5, 5.41) is -0.159. The number of carbonyl (C=O) groups excluding carboxylic acids is 1. The monoisotopic (exact) mass is 365 g/mol. The van der Waals surface area contributed by atoms with Crippen LogP contribution in [0.4, 0.5) is 0 Å². The first kappa shape index (κ1) is 14.4. The topological polar surface area (TPSA) is 48.4 Å². The van der Waals surface area contributed by atoms with Crippen LogP contribution in [-0.4, -0.2) is 23.1 Å². The van der Waals surface area contributed by atoms with Crippen molar-refractivity contribution in [2.24, 2.45) is 0 Å². The number of alkyl halides is 2. The number of ether oxygens (including phenoxy) is 2. The number of esters is 1. The number of pyridine rings is 1. The average molecular weight is 367 g/mol. The van der Waals surface area contributed by atoms with Gasteiger partial charge in [0.25, 0.3) is 0 Å². The minimum Gasteiger partial charge on any atom is -0.476 e. The van der Waals surface area contributed by atoms with E-state index < -0.39 is 5.97 Å². The third kappa shape index (κ3) is 2.98. The van der Waals surface area contributed by atoms with Crippen molar-refractivity contribution in [2.45, 2.75) is 23.7 Å². The molecule has 0 fully saturated rings. The molecular weight excluding hydrogens is 354 g/mol. The van der Waals surface area contributed by atoms with Crippen LogP contribution >= 0.6 is 31.9 Å². The van der Waals surface area contributed by atoms with E-state index in [9.17, 15) is 4.79 Å². The lowest BCUT2D eigenvalue weighted by Crippen LogP contribution is -2.06. The Morgan fingerprint density at radius 3 is 2.65 bits per heavy atom. The standard InChI is InChI=1S/C9H7Br2NO3.C2H6/c1-14-9(13)4-2-3-5-7(12-4)6(10)8(11)15-5;1-2/h2-3,6,8H,1H3;1-2H3. The minimum absolute atomic E-state index is 0.0582. The first-order valence-electron chi connectivity index (χ1n) is 5.17. The molecule has 1 aromatic rings. The lowest BCUT2D eigenvalue weighted by atomic mass is 10.2. The molecule has 0 amide bonds. The fraction of sp³-hybridized carbons (Fsp3) is 0.455. The zero-order valence-corrected chi connectivity index (χ0v) is 12.9. The fourth-order valence-electron chi connectivity index (χ4n) is 1.28. The van der Waals surface area contributed by atoms with Gasteiger partial charge in [0, 0.05) is 0 Å². The Balaban J connectivity index is 0.000000686. The van der Waals surface area contributed by atoms with Crippen molar-refractivity contribution >= 4 is 37.8 Å². The summed E-state index contributed by atoms with van der Waals surface area (Å²) in [5.74, 6) is 0.224. The molecule has 6 heteroatoms. The number of nitrogens with zero attached hydrogens (tertiary/aromatic N) is 1. The maximum Gasteiger partial charge on any atom is 0.356 e. The van der Waals surface area contributed by atoms with Gasteiger partial charge in [-0.3, -0.25) is 0 Å². The van der Waals surface area contributed by atoms with E-state index in [4.69, 9.17) is 4.74 Å². The second-order valence-electron chi connectivity index (χ2n) is 2.94. The van der Waals surface area contributed by atoms with E-state index in [-0.39, 0.29) is 15.5 Å². The van der Waals surface area contributed by atoms with E-state index in [0.717, 1.165) is 0 Å². The molecule has 2 atom stereocenters. The number of aromatic nitrogens is 1. The average Bonchev–Trinajstić information content (AvgIpc) is 2.66. The van der Waals surface area contributed by atoms with Gasteiger partial charge in [-0.1, -0.05) is 29.8 Å². The summed E-state index contributed by atoms with van der Waals surface area (Å²) in [6.07, 6.45) is 0. The Labute approximate surface area is 117 Å². The number of hydrogen-bond acceptors (Lipinski definition) is 4. The minimum atomic E-state index is -0.449. The van der Waals surface area contributed by atoms with Crippen molar-refractivity contribution in [1.82, 2.24) is 4.98 Å². The first-order valence-corrected chi connectivity index (χ1v) is 7.00. The molecule has 0 bridgehead atoms. The molecule has 4 nitrogen and oxygen atoms in total. The molecule has 0 spiro atoms. The van der Waals surface area contributed by atoms with Gasteiger partial charge in [0.2, 0.25) is 0 Å². The van der Waals surface area contributed by atoms with Crippen LogP contribution < -0.4 is 4.74 Å². The second kappa shape index (κ2) is 6.35. The first-order chi connectivity index (χ1) is 8.13. The van der Waals surface area contributed by atoms with Gasteiger partial charge in [-0.05, 0) is 28.1 Å². The third-order valence-electron chi connectivity index (χ3n) is 2.01. The lowest BCUT2D eigenvalue weighted by Gasteiger charge is -2.02. The number of fused-ring (bicyclic) bond motifs is 1. The molecule has 2 rings (SSSR count). The fourth-order valence-corrected chi connectivity index (χ4v) is 2.17. The summed E-state index contributed by atoms with van der Waals surface area (Å²) in [5.41, 5.74) is 0.991. The molecule has 0 saturated heterocycles. The van der Waals surface area contributed by atoms with Crippen molar-refractivity contribution < 1.29 is 14.3 Å². The predicted octanol–water partition coefficient (Wildman–Crippen LogP) is 3.44. The molecule has 0 aromatic carbocycles. The summed E-state index contributed by atoms with van der Waals surface area (Å²) in [6, 6.07) is 3.29. The van der Waals surface area contributed by atoms with E-state index in [1.165, 1.54) is 7.11 Å². The quantitative estimate of drug-likeness (QED) is 0.564. The van der Waals surface area contributed by atoms with Gasteiger partial charge in [-0.15, -0.1) is 0 Å². The molecule has 1 aromatic heterocycles. The molecule has 0 aliphatic carbocycles.